The molecule has 36 heavy (non-hydrogen) atoms. The standard InChI is InChI=1S/C25H27F3N6O2/c1-13-6-7-17-18(9-13)29-11-20(17)32-24(36)34-16-5-4-8-33(12-16)21-14(2)10-19(31-22(21)34)23(35)30-15(3)25(26,27)28/h6-7,9-11,15-16,29H,4-5,8,12H2,1-3H3,(H,30,35)(H,32,36)/t15?,16-/m0/s1. The van der Waals surface area contributed by atoms with Gasteiger partial charge in [-0.15, -0.1) is 0 Å². The fourth-order valence-corrected chi connectivity index (χ4v) is 5.00. The highest BCUT2D eigenvalue weighted by atomic mass is 19.4. The number of nitrogens with zero attached hydrogens (tertiary/aromatic N) is 3. The van der Waals surface area contributed by atoms with E-state index in [9.17, 15) is 22.8 Å². The largest absolute Gasteiger partial charge is 0.408 e. The first-order valence-corrected chi connectivity index (χ1v) is 11.8. The van der Waals surface area contributed by atoms with Crippen molar-refractivity contribution in [2.45, 2.75) is 51.9 Å². The van der Waals surface area contributed by atoms with Crippen molar-refractivity contribution >= 4 is 40.0 Å². The molecular weight excluding hydrogens is 473 g/mol. The monoisotopic (exact) mass is 500 g/mol. The molecule has 2 bridgehead atoms. The molecule has 0 aliphatic carbocycles. The van der Waals surface area contributed by atoms with E-state index in [0.29, 0.717) is 17.8 Å². The van der Waals surface area contributed by atoms with Crippen LogP contribution in [0.25, 0.3) is 10.9 Å². The van der Waals surface area contributed by atoms with Crippen LogP contribution >= 0.6 is 0 Å². The maximum atomic E-state index is 13.6. The highest BCUT2D eigenvalue weighted by molar-refractivity contribution is 6.09. The molecule has 3 amide bonds. The Bertz CT molecular complexity index is 1350. The molecule has 2 aromatic heterocycles. The van der Waals surface area contributed by atoms with Crippen LogP contribution in [-0.4, -0.2) is 53.3 Å². The number of carbonyl (C=O) groups is 2. The molecular formula is C25H27F3N6O2. The smallest absolute Gasteiger partial charge is 0.366 e. The Morgan fingerprint density at radius 3 is 2.75 bits per heavy atom. The molecule has 5 rings (SSSR count). The van der Waals surface area contributed by atoms with Gasteiger partial charge in [-0.2, -0.15) is 13.2 Å². The van der Waals surface area contributed by atoms with Gasteiger partial charge in [0.2, 0.25) is 0 Å². The van der Waals surface area contributed by atoms with Crippen LogP contribution in [0.3, 0.4) is 0 Å². The maximum absolute atomic E-state index is 13.6. The number of alkyl halides is 3. The number of urea groups is 1. The summed E-state index contributed by atoms with van der Waals surface area (Å²) in [6.07, 6.45) is -1.23. The number of piperidine rings is 1. The van der Waals surface area contributed by atoms with Crippen molar-refractivity contribution in [3.8, 4) is 0 Å². The number of fused-ring (bicyclic) bond motifs is 5. The van der Waals surface area contributed by atoms with E-state index in [1.807, 2.05) is 30.4 Å². The summed E-state index contributed by atoms with van der Waals surface area (Å²) in [6.45, 7) is 6.03. The van der Waals surface area contributed by atoms with Crippen LogP contribution in [0, 0.1) is 13.8 Å². The van der Waals surface area contributed by atoms with Crippen molar-refractivity contribution in [2.24, 2.45) is 0 Å². The zero-order chi connectivity index (χ0) is 25.8. The van der Waals surface area contributed by atoms with Crippen molar-refractivity contribution in [1.29, 1.82) is 0 Å². The minimum Gasteiger partial charge on any atom is -0.366 e. The first-order valence-electron chi connectivity index (χ1n) is 11.8. The third-order valence-corrected chi connectivity index (χ3v) is 6.84. The van der Waals surface area contributed by atoms with Gasteiger partial charge in [-0.1, -0.05) is 12.1 Å². The molecule has 3 aromatic rings. The third kappa shape index (κ3) is 4.22. The van der Waals surface area contributed by atoms with Gasteiger partial charge in [0.25, 0.3) is 5.91 Å². The highest BCUT2D eigenvalue weighted by Crippen LogP contribution is 2.41. The molecule has 2 atom stereocenters. The molecule has 11 heteroatoms. The summed E-state index contributed by atoms with van der Waals surface area (Å²) in [5.74, 6) is -0.659. The lowest BCUT2D eigenvalue weighted by atomic mass is 9.98. The molecule has 4 heterocycles. The van der Waals surface area contributed by atoms with Crippen LogP contribution in [0.5, 0.6) is 0 Å². The number of aromatic nitrogens is 2. The summed E-state index contributed by atoms with van der Waals surface area (Å²) in [5, 5.41) is 5.79. The first kappa shape index (κ1) is 24.0. The first-order chi connectivity index (χ1) is 17.0. The Labute approximate surface area is 205 Å². The normalized spacial score (nSPS) is 18.1. The van der Waals surface area contributed by atoms with Gasteiger partial charge in [0, 0.05) is 30.2 Å². The molecule has 1 saturated heterocycles. The van der Waals surface area contributed by atoms with E-state index in [2.05, 4.69) is 20.2 Å². The van der Waals surface area contributed by atoms with Gasteiger partial charge in [0.05, 0.1) is 17.4 Å². The summed E-state index contributed by atoms with van der Waals surface area (Å²) in [5.41, 5.74) is 3.81. The van der Waals surface area contributed by atoms with Gasteiger partial charge in [0.15, 0.2) is 5.82 Å². The highest BCUT2D eigenvalue weighted by Gasteiger charge is 2.41. The summed E-state index contributed by atoms with van der Waals surface area (Å²) in [6, 6.07) is 4.73. The quantitative estimate of drug-likeness (QED) is 0.478. The summed E-state index contributed by atoms with van der Waals surface area (Å²) in [7, 11) is 0. The maximum Gasteiger partial charge on any atom is 0.408 e. The predicted molar refractivity (Wildman–Crippen MR) is 132 cm³/mol. The number of carbonyl (C=O) groups excluding carboxylic acids is 2. The molecule has 190 valence electrons. The lowest BCUT2D eigenvalue weighted by Gasteiger charge is -2.46. The number of halogens is 3. The van der Waals surface area contributed by atoms with E-state index >= 15 is 0 Å². The average molecular weight is 501 g/mol. The molecule has 0 spiro atoms. The number of H-pyrrole nitrogens is 1. The molecule has 0 radical (unpaired) electrons. The Balaban J connectivity index is 1.51. The number of nitrogens with one attached hydrogen (secondary N) is 3. The Hall–Kier alpha value is -3.76. The minimum atomic E-state index is -4.58. The Morgan fingerprint density at radius 1 is 1.22 bits per heavy atom. The average Bonchev–Trinajstić information content (AvgIpc) is 3.19. The van der Waals surface area contributed by atoms with E-state index in [0.717, 1.165) is 48.5 Å². The zero-order valence-corrected chi connectivity index (χ0v) is 20.2. The third-order valence-electron chi connectivity index (χ3n) is 6.84. The van der Waals surface area contributed by atoms with Crippen LogP contribution in [0.2, 0.25) is 0 Å². The van der Waals surface area contributed by atoms with E-state index in [1.54, 1.807) is 18.0 Å². The van der Waals surface area contributed by atoms with Gasteiger partial charge in [-0.3, -0.25) is 9.69 Å². The fraction of sp³-hybridized carbons (Fsp3) is 0.400. The van der Waals surface area contributed by atoms with E-state index in [1.165, 1.54) is 6.07 Å². The van der Waals surface area contributed by atoms with Crippen LogP contribution < -0.4 is 20.4 Å². The number of benzene rings is 1. The second kappa shape index (κ2) is 8.72. The van der Waals surface area contributed by atoms with Gasteiger partial charge in [-0.25, -0.2) is 9.78 Å². The molecule has 1 aromatic carbocycles. The summed E-state index contributed by atoms with van der Waals surface area (Å²) in [4.78, 5) is 37.6. The molecule has 2 aliphatic rings. The van der Waals surface area contributed by atoms with Crippen LogP contribution in [0.15, 0.2) is 30.5 Å². The fourth-order valence-electron chi connectivity index (χ4n) is 5.00. The van der Waals surface area contributed by atoms with Gasteiger partial charge in [0.1, 0.15) is 11.7 Å². The van der Waals surface area contributed by atoms with Crippen LogP contribution in [0.4, 0.5) is 35.2 Å². The lowest BCUT2D eigenvalue weighted by Crippen LogP contribution is -2.56. The number of hydrogen-bond donors (Lipinski definition) is 3. The molecule has 0 saturated carbocycles. The van der Waals surface area contributed by atoms with Crippen molar-refractivity contribution in [3.63, 3.8) is 0 Å². The van der Waals surface area contributed by atoms with Crippen molar-refractivity contribution in [3.05, 3.63) is 47.3 Å². The van der Waals surface area contributed by atoms with Gasteiger partial charge < -0.3 is 20.5 Å². The van der Waals surface area contributed by atoms with Gasteiger partial charge >= 0.3 is 12.2 Å². The number of pyridine rings is 1. The molecule has 1 unspecified atom stereocenters. The van der Waals surface area contributed by atoms with Crippen molar-refractivity contribution < 1.29 is 22.8 Å². The molecule has 8 nitrogen and oxygen atoms in total. The number of aromatic amines is 1. The number of amides is 3. The van der Waals surface area contributed by atoms with E-state index < -0.39 is 24.2 Å². The zero-order valence-electron chi connectivity index (χ0n) is 20.2. The second-order valence-corrected chi connectivity index (χ2v) is 9.53. The lowest BCUT2D eigenvalue weighted by molar-refractivity contribution is -0.149. The predicted octanol–water partition coefficient (Wildman–Crippen LogP) is 4.88. The second-order valence-electron chi connectivity index (χ2n) is 9.53. The molecule has 2 aliphatic heterocycles. The topological polar surface area (TPSA) is 93.4 Å². The van der Waals surface area contributed by atoms with Crippen molar-refractivity contribution in [2.75, 3.05) is 28.2 Å². The minimum absolute atomic E-state index is 0.163. The van der Waals surface area contributed by atoms with Crippen LogP contribution in [0.1, 0.15) is 41.4 Å². The number of anilines is 3. The summed E-state index contributed by atoms with van der Waals surface area (Å²) < 4.78 is 39.0. The van der Waals surface area contributed by atoms with E-state index in [4.69, 9.17) is 0 Å². The SMILES string of the molecule is Cc1ccc2c(NC(=O)N3c4nc(C(=O)NC(C)C(F)(F)F)cc(C)c4N4CCC[C@H]3C4)c[nH]c2c1. The van der Waals surface area contributed by atoms with Crippen molar-refractivity contribution in [1.82, 2.24) is 15.3 Å². The number of rotatable bonds is 3. The summed E-state index contributed by atoms with van der Waals surface area (Å²) >= 11 is 0. The van der Waals surface area contributed by atoms with E-state index in [-0.39, 0.29) is 17.6 Å². The number of aryl methyl sites for hydroxylation is 2. The molecule has 3 N–H and O–H groups in total. The number of hydrogen-bond acceptors (Lipinski definition) is 4. The Morgan fingerprint density at radius 2 is 2.00 bits per heavy atom. The van der Waals surface area contributed by atoms with Crippen LogP contribution in [-0.2, 0) is 0 Å². The van der Waals surface area contributed by atoms with Gasteiger partial charge in [-0.05, 0) is 56.9 Å². The molecule has 1 fully saturated rings. The Kier molecular flexibility index (Phi) is 5.80.